The molecule has 4 nitrogen and oxygen atoms in total. The van der Waals surface area contributed by atoms with E-state index in [2.05, 4.69) is 10.4 Å². The van der Waals surface area contributed by atoms with Crippen LogP contribution in [0.15, 0.2) is 42.5 Å². The highest BCUT2D eigenvalue weighted by Gasteiger charge is 2.20. The van der Waals surface area contributed by atoms with Crippen LogP contribution < -0.4 is 10.1 Å². The summed E-state index contributed by atoms with van der Waals surface area (Å²) >= 11 is 0. The smallest absolute Gasteiger partial charge is 0.241 e. The van der Waals surface area contributed by atoms with Crippen LogP contribution in [0, 0.1) is 17.6 Å². The Balaban J connectivity index is 1.76. The molecule has 1 fully saturated rings. The van der Waals surface area contributed by atoms with E-state index < -0.39 is 11.6 Å². The summed E-state index contributed by atoms with van der Waals surface area (Å²) in [6.07, 6.45) is 1.06. The van der Waals surface area contributed by atoms with Crippen molar-refractivity contribution in [1.82, 2.24) is 15.1 Å². The summed E-state index contributed by atoms with van der Waals surface area (Å²) in [6, 6.07) is 11.1. The molecule has 0 saturated carbocycles. The maximum absolute atomic E-state index is 14.2. The molecule has 4 rings (SSSR count). The average molecular weight is 329 g/mol. The summed E-state index contributed by atoms with van der Waals surface area (Å²) in [5.74, 6) is -0.483. The van der Waals surface area contributed by atoms with Crippen LogP contribution in [0.5, 0.6) is 5.88 Å². The van der Waals surface area contributed by atoms with Gasteiger partial charge in [0.15, 0.2) is 11.6 Å². The Bertz CT molecular complexity index is 852. The van der Waals surface area contributed by atoms with Crippen molar-refractivity contribution in [3.8, 4) is 11.6 Å². The molecule has 124 valence electrons. The normalized spacial score (nSPS) is 17.5. The van der Waals surface area contributed by atoms with Gasteiger partial charge in [0.25, 0.3) is 0 Å². The Labute approximate surface area is 138 Å². The number of benzene rings is 2. The van der Waals surface area contributed by atoms with Crippen molar-refractivity contribution < 1.29 is 13.5 Å². The molecular weight excluding hydrogens is 312 g/mol. The minimum atomic E-state index is -0.658. The van der Waals surface area contributed by atoms with Crippen molar-refractivity contribution in [2.45, 2.75) is 6.42 Å². The van der Waals surface area contributed by atoms with Gasteiger partial charge in [-0.2, -0.15) is 0 Å². The van der Waals surface area contributed by atoms with Gasteiger partial charge in [-0.25, -0.2) is 13.5 Å². The van der Waals surface area contributed by atoms with E-state index in [1.54, 1.807) is 6.07 Å². The van der Waals surface area contributed by atoms with Gasteiger partial charge in [-0.15, -0.1) is 5.10 Å². The van der Waals surface area contributed by atoms with Gasteiger partial charge in [0.05, 0.1) is 17.5 Å². The van der Waals surface area contributed by atoms with Crippen molar-refractivity contribution >= 4 is 10.9 Å². The van der Waals surface area contributed by atoms with Gasteiger partial charge in [0, 0.05) is 12.5 Å². The first kappa shape index (κ1) is 15.1. The van der Waals surface area contributed by atoms with Crippen LogP contribution in [-0.2, 0) is 0 Å². The lowest BCUT2D eigenvalue weighted by Crippen LogP contribution is -2.15. The van der Waals surface area contributed by atoms with E-state index in [0.717, 1.165) is 24.9 Å². The zero-order valence-electron chi connectivity index (χ0n) is 13.0. The molecule has 0 aliphatic carbocycles. The number of aromatic nitrogens is 2. The van der Waals surface area contributed by atoms with Gasteiger partial charge in [-0.3, -0.25) is 0 Å². The van der Waals surface area contributed by atoms with Gasteiger partial charge in [-0.05, 0) is 37.2 Å². The third kappa shape index (κ3) is 2.63. The van der Waals surface area contributed by atoms with E-state index in [4.69, 9.17) is 4.74 Å². The van der Waals surface area contributed by atoms with E-state index in [0.29, 0.717) is 23.9 Å². The molecular formula is C18H17F2N3O. The van der Waals surface area contributed by atoms with Crippen LogP contribution in [0.2, 0.25) is 0 Å². The van der Waals surface area contributed by atoms with Crippen LogP contribution in [0.25, 0.3) is 16.6 Å². The predicted molar refractivity (Wildman–Crippen MR) is 87.5 cm³/mol. The van der Waals surface area contributed by atoms with E-state index in [1.165, 1.54) is 22.9 Å². The summed E-state index contributed by atoms with van der Waals surface area (Å²) in [7, 11) is 0. The minimum Gasteiger partial charge on any atom is -0.476 e. The summed E-state index contributed by atoms with van der Waals surface area (Å²) in [4.78, 5) is 0. The summed E-state index contributed by atoms with van der Waals surface area (Å²) in [6.45, 7) is 2.44. The monoisotopic (exact) mass is 329 g/mol. The van der Waals surface area contributed by atoms with E-state index in [1.807, 2.05) is 18.2 Å². The Morgan fingerprint density at radius 3 is 2.67 bits per heavy atom. The summed E-state index contributed by atoms with van der Waals surface area (Å²) < 4.78 is 35.5. The Morgan fingerprint density at radius 1 is 1.12 bits per heavy atom. The molecule has 1 aliphatic rings. The predicted octanol–water partition coefficient (Wildman–Crippen LogP) is 3.29. The van der Waals surface area contributed by atoms with Gasteiger partial charge in [-0.1, -0.05) is 18.2 Å². The molecule has 2 heterocycles. The first-order valence-electron chi connectivity index (χ1n) is 7.99. The molecule has 1 aliphatic heterocycles. The standard InChI is InChI=1S/C18H17F2N3O/c19-14-5-3-6-15(20)17(14)23-16-7-2-1-4-13(16)18(22-23)24-11-12-8-9-21-10-12/h1-7,12,21H,8-11H2/t12-/m0/s1. The second-order valence-corrected chi connectivity index (χ2v) is 5.97. The maximum atomic E-state index is 14.2. The second-order valence-electron chi connectivity index (χ2n) is 5.97. The number of para-hydroxylation sites is 2. The van der Waals surface area contributed by atoms with Crippen LogP contribution in [0.3, 0.4) is 0 Å². The Kier molecular flexibility index (Phi) is 3.90. The highest BCUT2D eigenvalue weighted by Crippen LogP contribution is 2.29. The van der Waals surface area contributed by atoms with Gasteiger partial charge >= 0.3 is 0 Å². The lowest BCUT2D eigenvalue weighted by atomic mass is 10.1. The number of fused-ring (bicyclic) bond motifs is 1. The van der Waals surface area contributed by atoms with E-state index in [-0.39, 0.29) is 5.69 Å². The van der Waals surface area contributed by atoms with Crippen LogP contribution in [-0.4, -0.2) is 29.5 Å². The van der Waals surface area contributed by atoms with Gasteiger partial charge in [0.1, 0.15) is 5.69 Å². The first-order chi connectivity index (χ1) is 11.7. The van der Waals surface area contributed by atoms with Crippen molar-refractivity contribution in [3.63, 3.8) is 0 Å². The highest BCUT2D eigenvalue weighted by molar-refractivity contribution is 5.86. The van der Waals surface area contributed by atoms with Crippen molar-refractivity contribution in [2.24, 2.45) is 5.92 Å². The molecule has 0 unspecified atom stereocenters. The molecule has 1 aromatic heterocycles. The molecule has 0 bridgehead atoms. The SMILES string of the molecule is Fc1cccc(F)c1-n1nc(OC[C@H]2CCNC2)c2ccccc21. The van der Waals surface area contributed by atoms with Crippen LogP contribution >= 0.6 is 0 Å². The van der Waals surface area contributed by atoms with Crippen LogP contribution in [0.4, 0.5) is 8.78 Å². The fourth-order valence-corrected chi connectivity index (χ4v) is 3.06. The van der Waals surface area contributed by atoms with Crippen molar-refractivity contribution in [2.75, 3.05) is 19.7 Å². The largest absolute Gasteiger partial charge is 0.476 e. The molecule has 1 atom stereocenters. The summed E-state index contributed by atoms with van der Waals surface area (Å²) in [5.41, 5.74) is 0.423. The lowest BCUT2D eigenvalue weighted by Gasteiger charge is -2.08. The number of halogens is 2. The summed E-state index contributed by atoms with van der Waals surface area (Å²) in [5, 5.41) is 8.36. The topological polar surface area (TPSA) is 39.1 Å². The zero-order chi connectivity index (χ0) is 16.5. The molecule has 0 spiro atoms. The zero-order valence-corrected chi connectivity index (χ0v) is 13.0. The molecule has 1 saturated heterocycles. The third-order valence-electron chi connectivity index (χ3n) is 4.32. The molecule has 24 heavy (non-hydrogen) atoms. The molecule has 6 heteroatoms. The van der Waals surface area contributed by atoms with Crippen molar-refractivity contribution in [3.05, 3.63) is 54.1 Å². The molecule has 2 aromatic carbocycles. The van der Waals surface area contributed by atoms with Crippen LogP contribution in [0.1, 0.15) is 6.42 Å². The first-order valence-corrected chi connectivity index (χ1v) is 7.99. The number of hydrogen-bond donors (Lipinski definition) is 1. The van der Waals surface area contributed by atoms with E-state index >= 15 is 0 Å². The Hall–Kier alpha value is -2.47. The molecule has 3 aromatic rings. The fourth-order valence-electron chi connectivity index (χ4n) is 3.06. The van der Waals surface area contributed by atoms with E-state index in [9.17, 15) is 8.78 Å². The molecule has 0 radical (unpaired) electrons. The number of hydrogen-bond acceptors (Lipinski definition) is 3. The number of rotatable bonds is 4. The highest BCUT2D eigenvalue weighted by atomic mass is 19.1. The average Bonchev–Trinajstić information content (AvgIpc) is 3.21. The number of nitrogens with zero attached hydrogens (tertiary/aromatic N) is 2. The Morgan fingerprint density at radius 2 is 1.92 bits per heavy atom. The molecule has 0 amide bonds. The minimum absolute atomic E-state index is 0.189. The number of ether oxygens (including phenoxy) is 1. The fraction of sp³-hybridized carbons (Fsp3) is 0.278. The second kappa shape index (κ2) is 6.20. The third-order valence-corrected chi connectivity index (χ3v) is 4.32. The quantitative estimate of drug-likeness (QED) is 0.798. The maximum Gasteiger partial charge on any atom is 0.241 e. The van der Waals surface area contributed by atoms with Gasteiger partial charge < -0.3 is 10.1 Å². The van der Waals surface area contributed by atoms with Gasteiger partial charge in [0.2, 0.25) is 5.88 Å². The molecule has 1 N–H and O–H groups in total. The number of nitrogens with one attached hydrogen (secondary N) is 1. The lowest BCUT2D eigenvalue weighted by molar-refractivity contribution is 0.252. The van der Waals surface area contributed by atoms with Crippen molar-refractivity contribution in [1.29, 1.82) is 0 Å².